The van der Waals surface area contributed by atoms with Gasteiger partial charge in [0.1, 0.15) is 10.1 Å². The molecule has 370 valence electrons. The number of rotatable bonds is 47. The van der Waals surface area contributed by atoms with E-state index in [-0.39, 0.29) is 48.3 Å². The second-order valence-electron chi connectivity index (χ2n) is 18.5. The smallest absolute Gasteiger partial charge is 0.744 e. The van der Waals surface area contributed by atoms with E-state index in [0.717, 1.165) is 31.7 Å². The van der Waals surface area contributed by atoms with Crippen molar-refractivity contribution in [3.63, 3.8) is 0 Å². The zero-order valence-electron chi connectivity index (χ0n) is 42.5. The summed E-state index contributed by atoms with van der Waals surface area (Å²) >= 11 is 0. The van der Waals surface area contributed by atoms with Crippen LogP contribution in [0.4, 0.5) is 0 Å². The molecule has 0 fully saturated rings. The third kappa shape index (κ3) is 39.1. The third-order valence-corrected chi connectivity index (χ3v) is 13.4. The molecule has 1 aromatic carbocycles. The van der Waals surface area contributed by atoms with Crippen molar-refractivity contribution < 1.29 is 61.6 Å². The van der Waals surface area contributed by atoms with Gasteiger partial charge in [0.15, 0.2) is 0 Å². The number of carbonyl (C=O) groups excluding carboxylic acids is 2. The Bertz CT molecular complexity index is 1410. The predicted octanol–water partition coefficient (Wildman–Crippen LogP) is 14.7. The van der Waals surface area contributed by atoms with Gasteiger partial charge in [-0.15, -0.1) is 0 Å². The fraction of sp³-hybridized carbons (Fsp3) is 0.786. The Morgan fingerprint density at radius 1 is 0.431 bits per heavy atom. The number of benzene rings is 1. The van der Waals surface area contributed by atoms with Gasteiger partial charge in [0.2, 0.25) is 0 Å². The molecule has 65 heavy (non-hydrogen) atoms. The molecule has 1 aromatic rings. The van der Waals surface area contributed by atoms with Crippen LogP contribution >= 0.6 is 0 Å². The van der Waals surface area contributed by atoms with Crippen molar-refractivity contribution in [2.45, 2.75) is 276 Å². The first-order valence-electron chi connectivity index (χ1n) is 27.1. The van der Waals surface area contributed by atoms with E-state index in [2.05, 4.69) is 26.0 Å². The summed E-state index contributed by atoms with van der Waals surface area (Å²) in [4.78, 5) is 25.3. The molecule has 0 heterocycles. The molecule has 0 bridgehead atoms. The minimum absolute atomic E-state index is 0. The molecule has 0 aromatic heterocycles. The second-order valence-corrected chi connectivity index (χ2v) is 19.9. The van der Waals surface area contributed by atoms with E-state index in [1.165, 1.54) is 230 Å². The molecule has 0 saturated carbocycles. The Morgan fingerprint density at radius 3 is 1.02 bits per heavy atom. The third-order valence-electron chi connectivity index (χ3n) is 12.5. The van der Waals surface area contributed by atoms with Gasteiger partial charge in [-0.2, -0.15) is 0 Å². The number of hydrogen-bond donors (Lipinski definition) is 0. The topological polar surface area (TPSA) is 110 Å². The number of ether oxygens (including phenoxy) is 2. The summed E-state index contributed by atoms with van der Waals surface area (Å²) in [6.07, 6.45) is 59.7. The molecule has 0 aliphatic rings. The van der Waals surface area contributed by atoms with Crippen molar-refractivity contribution in [1.29, 1.82) is 0 Å². The second kappa shape index (κ2) is 47.6. The van der Waals surface area contributed by atoms with Crippen LogP contribution in [0, 0.1) is 0 Å². The van der Waals surface area contributed by atoms with E-state index in [0.29, 0.717) is 12.8 Å². The quantitative estimate of drug-likeness (QED) is 0.0210. The summed E-state index contributed by atoms with van der Waals surface area (Å²) in [5.41, 5.74) is -0.843. The molecule has 0 atom stereocenters. The Labute approximate surface area is 423 Å². The molecule has 1 rings (SSSR count). The van der Waals surface area contributed by atoms with Gasteiger partial charge in [-0.3, -0.25) is 0 Å². The molecular weight excluding hydrogens is 840 g/mol. The maximum atomic E-state index is 13.1. The van der Waals surface area contributed by atoms with Gasteiger partial charge >= 0.3 is 41.5 Å². The van der Waals surface area contributed by atoms with Gasteiger partial charge in [-0.1, -0.05) is 263 Å². The van der Waals surface area contributed by atoms with E-state index in [4.69, 9.17) is 9.47 Å². The van der Waals surface area contributed by atoms with Gasteiger partial charge in [-0.05, 0) is 50.7 Å². The molecule has 0 spiro atoms. The molecule has 7 nitrogen and oxygen atoms in total. The maximum absolute atomic E-state index is 13.1. The minimum atomic E-state index is -5.04. The van der Waals surface area contributed by atoms with Crippen molar-refractivity contribution >= 4 is 22.1 Å². The first-order chi connectivity index (χ1) is 31.3. The fourth-order valence-corrected chi connectivity index (χ4v) is 9.20. The Balaban J connectivity index is 0.0000410. The number of allylic oxidation sites excluding steroid dienone is 2. The molecule has 0 N–H and O–H groups in total. The standard InChI is InChI=1S/C56H98O7S.Na/c1-3-5-7-9-11-13-15-17-19-21-23-25-27-29-31-33-35-37-39-41-43-45-50-62-55(57)52-48-47-49-53(64(59,60)61)54(52)56(58)63-51-46-44-42-40-38-36-34-32-30-28-26-24-22-20-18-16-14-12-10-8-6-4-2;/h41-44,47-49H,3-40,45-46,50-51H2,1-2H3,(H,59,60,61);/q;+1/p-1/b43-41+,44-42+;. The Kier molecular flexibility index (Phi) is 46.5. The van der Waals surface area contributed by atoms with E-state index < -0.39 is 32.5 Å². The van der Waals surface area contributed by atoms with E-state index in [9.17, 15) is 22.6 Å². The van der Waals surface area contributed by atoms with E-state index in [1.54, 1.807) is 0 Å². The van der Waals surface area contributed by atoms with Crippen LogP contribution in [-0.4, -0.2) is 38.1 Å². The maximum Gasteiger partial charge on any atom is 1.00 e. The van der Waals surface area contributed by atoms with Gasteiger partial charge in [0.25, 0.3) is 0 Å². The van der Waals surface area contributed by atoms with Crippen LogP contribution in [0.3, 0.4) is 0 Å². The van der Waals surface area contributed by atoms with E-state index >= 15 is 0 Å². The van der Waals surface area contributed by atoms with Crippen molar-refractivity contribution in [3.05, 3.63) is 53.6 Å². The van der Waals surface area contributed by atoms with Gasteiger partial charge in [0.05, 0.1) is 29.2 Å². The van der Waals surface area contributed by atoms with Crippen LogP contribution < -0.4 is 29.6 Å². The molecule has 0 radical (unpaired) electrons. The van der Waals surface area contributed by atoms with Gasteiger partial charge in [0, 0.05) is 0 Å². The first-order valence-corrected chi connectivity index (χ1v) is 28.5. The van der Waals surface area contributed by atoms with E-state index in [1.807, 2.05) is 12.2 Å². The zero-order chi connectivity index (χ0) is 46.4. The number of unbranched alkanes of at least 4 members (excludes halogenated alkanes) is 36. The normalized spacial score (nSPS) is 11.7. The van der Waals surface area contributed by atoms with Crippen LogP contribution in [-0.2, 0) is 19.6 Å². The van der Waals surface area contributed by atoms with Crippen LogP contribution in [0.15, 0.2) is 47.4 Å². The van der Waals surface area contributed by atoms with Crippen molar-refractivity contribution in [2.24, 2.45) is 0 Å². The van der Waals surface area contributed by atoms with Crippen LogP contribution in [0.2, 0.25) is 0 Å². The van der Waals surface area contributed by atoms with Crippen molar-refractivity contribution in [3.8, 4) is 0 Å². The molecule has 0 unspecified atom stereocenters. The minimum Gasteiger partial charge on any atom is -0.744 e. The number of hydrogen-bond acceptors (Lipinski definition) is 7. The van der Waals surface area contributed by atoms with Crippen LogP contribution in [0.5, 0.6) is 0 Å². The summed E-state index contributed by atoms with van der Waals surface area (Å²) in [6.45, 7) is 4.63. The molecule has 0 amide bonds. The molecule has 0 saturated heterocycles. The van der Waals surface area contributed by atoms with Crippen LogP contribution in [0.25, 0.3) is 0 Å². The monoisotopic (exact) mass is 937 g/mol. The van der Waals surface area contributed by atoms with Gasteiger partial charge in [-0.25, -0.2) is 18.0 Å². The van der Waals surface area contributed by atoms with Gasteiger partial charge < -0.3 is 14.0 Å². The summed E-state index contributed by atoms with van der Waals surface area (Å²) in [5, 5.41) is 0. The Hall–Kier alpha value is -1.45. The molecule has 0 aliphatic heterocycles. The summed E-state index contributed by atoms with van der Waals surface area (Å²) in [7, 11) is -5.04. The average Bonchev–Trinajstić information content (AvgIpc) is 3.28. The molecule has 9 heteroatoms. The number of carbonyl (C=O) groups is 2. The SMILES string of the molecule is CCCCCCCCCCCCCCCCCCCC/C=C/CCOC(=O)c1cccc(S(=O)(=O)[O-])c1C(=O)OCC/C=C/CCCCCCCCCCCCCCCCCCCC.[Na+]. The predicted molar refractivity (Wildman–Crippen MR) is 269 cm³/mol. The van der Waals surface area contributed by atoms with Crippen LogP contribution in [0.1, 0.15) is 291 Å². The Morgan fingerprint density at radius 2 is 0.708 bits per heavy atom. The molecule has 0 aliphatic carbocycles. The molecular formula is C56H97NaO7S. The fourth-order valence-electron chi connectivity index (χ4n) is 8.51. The summed E-state index contributed by atoms with van der Waals surface area (Å²) in [6, 6.07) is 3.58. The summed E-state index contributed by atoms with van der Waals surface area (Å²) < 4.78 is 46.8. The summed E-state index contributed by atoms with van der Waals surface area (Å²) in [5.74, 6) is -1.89. The average molecular weight is 937 g/mol. The number of esters is 2. The largest absolute Gasteiger partial charge is 1.00 e. The van der Waals surface area contributed by atoms with Crippen molar-refractivity contribution in [2.75, 3.05) is 13.2 Å². The first kappa shape index (κ1) is 63.5. The zero-order valence-corrected chi connectivity index (χ0v) is 45.3. The van der Waals surface area contributed by atoms with Crippen molar-refractivity contribution in [1.82, 2.24) is 0 Å².